The third-order valence-corrected chi connectivity index (χ3v) is 4.31. The molecular weight excluding hydrogens is 248 g/mol. The van der Waals surface area contributed by atoms with E-state index in [1.54, 1.807) is 0 Å². The fourth-order valence-corrected chi connectivity index (χ4v) is 3.20. The van der Waals surface area contributed by atoms with E-state index >= 15 is 0 Å². The molecule has 4 heteroatoms. The Morgan fingerprint density at radius 3 is 2.95 bits per heavy atom. The number of para-hydroxylation sites is 1. The molecule has 1 fully saturated rings. The van der Waals surface area contributed by atoms with Gasteiger partial charge in [-0.05, 0) is 30.9 Å². The zero-order valence-electron chi connectivity index (χ0n) is 11.6. The molecule has 1 aromatic heterocycles. The van der Waals surface area contributed by atoms with Crippen molar-refractivity contribution in [2.45, 2.75) is 37.9 Å². The second kappa shape index (κ2) is 4.63. The van der Waals surface area contributed by atoms with Gasteiger partial charge in [0.15, 0.2) is 0 Å². The molecule has 1 aliphatic heterocycles. The Morgan fingerprint density at radius 2 is 2.10 bits per heavy atom. The smallest absolute Gasteiger partial charge is 0.0951 e. The number of benzene rings is 1. The number of hydrogen-bond acceptors (Lipinski definition) is 3. The minimum atomic E-state index is 0.224. The number of nitrogens with two attached hydrogens (primary N) is 1. The van der Waals surface area contributed by atoms with Crippen molar-refractivity contribution in [3.8, 4) is 0 Å². The number of imidazole rings is 1. The van der Waals surface area contributed by atoms with Crippen molar-refractivity contribution in [3.05, 3.63) is 48.0 Å². The largest absolute Gasteiger partial charge is 0.364 e. The Labute approximate surface area is 119 Å². The lowest BCUT2D eigenvalue weighted by Crippen LogP contribution is -2.43. The highest BCUT2D eigenvalue weighted by Gasteiger charge is 2.27. The first kappa shape index (κ1) is 12.0. The van der Waals surface area contributed by atoms with Crippen molar-refractivity contribution in [1.29, 1.82) is 0 Å². The Hall–Kier alpha value is -1.81. The van der Waals surface area contributed by atoms with Crippen molar-refractivity contribution >= 4 is 5.69 Å². The first-order chi connectivity index (χ1) is 9.81. The van der Waals surface area contributed by atoms with E-state index in [-0.39, 0.29) is 6.04 Å². The van der Waals surface area contributed by atoms with Crippen LogP contribution in [0.15, 0.2) is 36.8 Å². The number of rotatable bonds is 3. The van der Waals surface area contributed by atoms with Gasteiger partial charge in [-0.1, -0.05) is 18.2 Å². The maximum atomic E-state index is 6.22. The van der Waals surface area contributed by atoms with Gasteiger partial charge in [0.2, 0.25) is 0 Å². The van der Waals surface area contributed by atoms with Crippen molar-refractivity contribution in [2.24, 2.45) is 5.73 Å². The van der Waals surface area contributed by atoms with Gasteiger partial charge in [-0.2, -0.15) is 0 Å². The van der Waals surface area contributed by atoms with Crippen LogP contribution in [0.4, 0.5) is 5.69 Å². The van der Waals surface area contributed by atoms with Crippen molar-refractivity contribution < 1.29 is 0 Å². The van der Waals surface area contributed by atoms with E-state index in [4.69, 9.17) is 5.73 Å². The number of aromatic nitrogens is 2. The highest BCUT2D eigenvalue weighted by molar-refractivity contribution is 5.56. The molecule has 0 spiro atoms. The maximum absolute atomic E-state index is 6.22. The normalized spacial score (nSPS) is 21.9. The predicted octanol–water partition coefficient (Wildman–Crippen LogP) is 2.11. The first-order valence-corrected chi connectivity index (χ1v) is 7.40. The van der Waals surface area contributed by atoms with E-state index in [1.165, 1.54) is 29.8 Å². The molecule has 4 nitrogen and oxygen atoms in total. The zero-order valence-corrected chi connectivity index (χ0v) is 11.6. The van der Waals surface area contributed by atoms with Crippen LogP contribution in [-0.2, 0) is 13.0 Å². The standard InChI is InChI=1S/C16H20N4/c17-13-7-12-3-1-2-4-16(12)19(9-13)10-15-8-18-11-20(15)14-5-6-14/h1-4,8,11,13-14H,5-7,9-10,17H2. The quantitative estimate of drug-likeness (QED) is 0.927. The molecule has 104 valence electrons. The molecule has 1 aliphatic carbocycles. The lowest BCUT2D eigenvalue weighted by atomic mass is 9.98. The summed E-state index contributed by atoms with van der Waals surface area (Å²) in [5, 5.41) is 0. The summed E-state index contributed by atoms with van der Waals surface area (Å²) in [6, 6.07) is 9.52. The van der Waals surface area contributed by atoms with Gasteiger partial charge in [-0.15, -0.1) is 0 Å². The number of nitrogens with zero attached hydrogens (tertiary/aromatic N) is 3. The molecule has 2 heterocycles. The van der Waals surface area contributed by atoms with Gasteiger partial charge in [-0.25, -0.2) is 4.98 Å². The van der Waals surface area contributed by atoms with Crippen LogP contribution in [-0.4, -0.2) is 22.1 Å². The number of fused-ring (bicyclic) bond motifs is 1. The molecule has 2 N–H and O–H groups in total. The predicted molar refractivity (Wildman–Crippen MR) is 79.7 cm³/mol. The highest BCUT2D eigenvalue weighted by atomic mass is 15.2. The summed E-state index contributed by atoms with van der Waals surface area (Å²) in [4.78, 5) is 6.73. The molecule has 1 saturated carbocycles. The highest BCUT2D eigenvalue weighted by Crippen LogP contribution is 2.36. The topological polar surface area (TPSA) is 47.1 Å². The van der Waals surface area contributed by atoms with Crippen LogP contribution in [0, 0.1) is 0 Å². The molecule has 1 aromatic carbocycles. The van der Waals surface area contributed by atoms with Crippen molar-refractivity contribution in [2.75, 3.05) is 11.4 Å². The summed E-state index contributed by atoms with van der Waals surface area (Å²) >= 11 is 0. The van der Waals surface area contributed by atoms with E-state index in [0.717, 1.165) is 19.5 Å². The second-order valence-corrected chi connectivity index (χ2v) is 6.00. The molecule has 0 amide bonds. The molecule has 0 saturated heterocycles. The second-order valence-electron chi connectivity index (χ2n) is 6.00. The summed E-state index contributed by atoms with van der Waals surface area (Å²) in [6.07, 6.45) is 7.54. The van der Waals surface area contributed by atoms with Gasteiger partial charge in [-0.3, -0.25) is 0 Å². The van der Waals surface area contributed by atoms with Crippen LogP contribution in [0.2, 0.25) is 0 Å². The third kappa shape index (κ3) is 2.10. The monoisotopic (exact) mass is 268 g/mol. The Bertz CT molecular complexity index is 614. The molecule has 0 radical (unpaired) electrons. The Balaban J connectivity index is 1.63. The van der Waals surface area contributed by atoms with Gasteiger partial charge in [0.25, 0.3) is 0 Å². The summed E-state index contributed by atoms with van der Waals surface area (Å²) < 4.78 is 2.34. The van der Waals surface area contributed by atoms with Gasteiger partial charge >= 0.3 is 0 Å². The van der Waals surface area contributed by atoms with Crippen LogP contribution in [0.1, 0.15) is 30.1 Å². The lowest BCUT2D eigenvalue weighted by Gasteiger charge is -2.34. The molecule has 1 atom stereocenters. The fourth-order valence-electron chi connectivity index (χ4n) is 3.20. The van der Waals surface area contributed by atoms with Gasteiger partial charge < -0.3 is 15.2 Å². The maximum Gasteiger partial charge on any atom is 0.0951 e. The Kier molecular flexibility index (Phi) is 2.77. The minimum Gasteiger partial charge on any atom is -0.364 e. The zero-order chi connectivity index (χ0) is 13.5. The van der Waals surface area contributed by atoms with Gasteiger partial charge in [0, 0.05) is 30.5 Å². The molecule has 20 heavy (non-hydrogen) atoms. The van der Waals surface area contributed by atoms with Crippen LogP contribution in [0.3, 0.4) is 0 Å². The van der Waals surface area contributed by atoms with Crippen LogP contribution in [0.25, 0.3) is 0 Å². The number of anilines is 1. The first-order valence-electron chi connectivity index (χ1n) is 7.40. The van der Waals surface area contributed by atoms with Crippen molar-refractivity contribution in [1.82, 2.24) is 9.55 Å². The van der Waals surface area contributed by atoms with E-state index in [2.05, 4.69) is 38.7 Å². The number of hydrogen-bond donors (Lipinski definition) is 1. The summed E-state index contributed by atoms with van der Waals surface area (Å²) in [6.45, 7) is 1.83. The van der Waals surface area contributed by atoms with Crippen LogP contribution < -0.4 is 10.6 Å². The Morgan fingerprint density at radius 1 is 1.25 bits per heavy atom. The van der Waals surface area contributed by atoms with E-state index < -0.39 is 0 Å². The van der Waals surface area contributed by atoms with Gasteiger partial charge in [0.05, 0.1) is 18.6 Å². The van der Waals surface area contributed by atoms with E-state index in [0.29, 0.717) is 6.04 Å². The SMILES string of the molecule is NC1Cc2ccccc2N(Cc2cncn2C2CC2)C1. The molecule has 2 aliphatic rings. The minimum absolute atomic E-state index is 0.224. The molecule has 0 bridgehead atoms. The van der Waals surface area contributed by atoms with E-state index in [1.807, 2.05) is 12.5 Å². The summed E-state index contributed by atoms with van der Waals surface area (Å²) in [5.41, 5.74) is 10.2. The van der Waals surface area contributed by atoms with Gasteiger partial charge in [0.1, 0.15) is 0 Å². The lowest BCUT2D eigenvalue weighted by molar-refractivity contribution is 0.582. The van der Waals surface area contributed by atoms with Crippen molar-refractivity contribution in [3.63, 3.8) is 0 Å². The third-order valence-electron chi connectivity index (χ3n) is 4.31. The molecule has 4 rings (SSSR count). The fraction of sp³-hybridized carbons (Fsp3) is 0.438. The molecule has 1 unspecified atom stereocenters. The van der Waals surface area contributed by atoms with Crippen LogP contribution >= 0.6 is 0 Å². The summed E-state index contributed by atoms with van der Waals surface area (Å²) in [7, 11) is 0. The molecular formula is C16H20N4. The average Bonchev–Trinajstić information content (AvgIpc) is 3.19. The van der Waals surface area contributed by atoms with Crippen LogP contribution in [0.5, 0.6) is 0 Å². The molecule has 2 aromatic rings. The average molecular weight is 268 g/mol. The van der Waals surface area contributed by atoms with E-state index in [9.17, 15) is 0 Å². The summed E-state index contributed by atoms with van der Waals surface area (Å²) in [5.74, 6) is 0.